The summed E-state index contributed by atoms with van der Waals surface area (Å²) < 4.78 is 0. The maximum absolute atomic E-state index is 5.57. The van der Waals surface area contributed by atoms with Crippen LogP contribution in [0.4, 0.5) is 0 Å². The van der Waals surface area contributed by atoms with E-state index >= 15 is 0 Å². The molecule has 0 bridgehead atoms. The van der Waals surface area contributed by atoms with Crippen LogP contribution in [-0.2, 0) is 12.8 Å². The predicted molar refractivity (Wildman–Crippen MR) is 67.1 cm³/mol. The molecule has 0 fully saturated rings. The minimum atomic E-state index is 0.267. The van der Waals surface area contributed by atoms with Gasteiger partial charge in [0, 0.05) is 23.3 Å². The second-order valence-corrected chi connectivity index (χ2v) is 4.74. The summed E-state index contributed by atoms with van der Waals surface area (Å²) >= 11 is 1.77. The molecule has 2 rings (SSSR count). The van der Waals surface area contributed by atoms with Crippen LogP contribution in [0.15, 0.2) is 42.0 Å². The van der Waals surface area contributed by atoms with E-state index in [4.69, 9.17) is 5.84 Å². The first-order valence-electron chi connectivity index (χ1n) is 5.26. The summed E-state index contributed by atoms with van der Waals surface area (Å²) in [5, 5.41) is 2.09. The van der Waals surface area contributed by atoms with Gasteiger partial charge in [0.15, 0.2) is 0 Å². The normalized spacial score (nSPS) is 12.6. The van der Waals surface area contributed by atoms with E-state index in [1.807, 2.05) is 12.3 Å². The summed E-state index contributed by atoms with van der Waals surface area (Å²) in [7, 11) is 0. The Hall–Kier alpha value is -1.23. The van der Waals surface area contributed by atoms with Gasteiger partial charge in [0.05, 0.1) is 0 Å². The van der Waals surface area contributed by atoms with Crippen molar-refractivity contribution in [2.75, 3.05) is 0 Å². The summed E-state index contributed by atoms with van der Waals surface area (Å²) in [6, 6.07) is 8.50. The predicted octanol–water partition coefficient (Wildman–Crippen LogP) is 1.76. The Morgan fingerprint density at radius 2 is 2.25 bits per heavy atom. The first kappa shape index (κ1) is 11.3. The van der Waals surface area contributed by atoms with Gasteiger partial charge in [0.2, 0.25) is 0 Å². The largest absolute Gasteiger partial charge is 0.271 e. The lowest BCUT2D eigenvalue weighted by molar-refractivity contribution is 0.525. The van der Waals surface area contributed by atoms with Crippen LogP contribution in [0.5, 0.6) is 0 Å². The number of aromatic nitrogens is 1. The van der Waals surface area contributed by atoms with Crippen molar-refractivity contribution < 1.29 is 0 Å². The van der Waals surface area contributed by atoms with Gasteiger partial charge in [-0.25, -0.2) is 0 Å². The third kappa shape index (κ3) is 3.13. The molecule has 0 amide bonds. The lowest BCUT2D eigenvalue weighted by Crippen LogP contribution is -2.38. The molecule has 0 saturated heterocycles. The fourth-order valence-electron chi connectivity index (χ4n) is 1.66. The molecule has 3 nitrogen and oxygen atoms in total. The smallest absolute Gasteiger partial charge is 0.0300 e. The highest BCUT2D eigenvalue weighted by Gasteiger charge is 2.09. The molecule has 84 valence electrons. The fourth-order valence-corrected chi connectivity index (χ4v) is 2.45. The van der Waals surface area contributed by atoms with Crippen molar-refractivity contribution in [1.29, 1.82) is 0 Å². The van der Waals surface area contributed by atoms with Gasteiger partial charge < -0.3 is 0 Å². The second-order valence-electron chi connectivity index (χ2n) is 3.71. The average Bonchev–Trinajstić information content (AvgIpc) is 2.82. The van der Waals surface area contributed by atoms with E-state index < -0.39 is 0 Å². The minimum absolute atomic E-state index is 0.267. The average molecular weight is 233 g/mol. The molecule has 0 spiro atoms. The number of nitrogens with two attached hydrogens (primary N) is 1. The molecule has 0 aliphatic rings. The zero-order valence-corrected chi connectivity index (χ0v) is 9.78. The van der Waals surface area contributed by atoms with Crippen LogP contribution in [0.2, 0.25) is 0 Å². The Morgan fingerprint density at radius 1 is 1.31 bits per heavy atom. The molecule has 1 atom stereocenters. The third-order valence-corrected chi connectivity index (χ3v) is 3.37. The monoisotopic (exact) mass is 233 g/mol. The molecule has 0 saturated carbocycles. The Kier molecular flexibility index (Phi) is 4.04. The molecule has 2 heterocycles. The second kappa shape index (κ2) is 5.75. The van der Waals surface area contributed by atoms with E-state index in [-0.39, 0.29) is 6.04 Å². The topological polar surface area (TPSA) is 50.9 Å². The van der Waals surface area contributed by atoms with Gasteiger partial charge in [0.1, 0.15) is 0 Å². The van der Waals surface area contributed by atoms with Crippen LogP contribution in [0, 0.1) is 0 Å². The zero-order valence-electron chi connectivity index (χ0n) is 8.97. The van der Waals surface area contributed by atoms with Gasteiger partial charge in [-0.15, -0.1) is 11.3 Å². The number of nitrogens with one attached hydrogen (secondary N) is 1. The number of rotatable bonds is 5. The molecule has 0 aliphatic heterocycles. The summed E-state index contributed by atoms with van der Waals surface area (Å²) in [5.41, 5.74) is 4.08. The van der Waals surface area contributed by atoms with E-state index in [2.05, 4.69) is 34.0 Å². The Morgan fingerprint density at radius 3 is 2.88 bits per heavy atom. The molecular weight excluding hydrogens is 218 g/mol. The minimum Gasteiger partial charge on any atom is -0.271 e. The number of nitrogens with zero attached hydrogens (tertiary/aromatic N) is 1. The van der Waals surface area contributed by atoms with Gasteiger partial charge >= 0.3 is 0 Å². The van der Waals surface area contributed by atoms with Gasteiger partial charge in [0.25, 0.3) is 0 Å². The van der Waals surface area contributed by atoms with Gasteiger partial charge in [-0.2, -0.15) is 0 Å². The number of hydrogen-bond acceptors (Lipinski definition) is 4. The van der Waals surface area contributed by atoms with Crippen molar-refractivity contribution in [2.24, 2.45) is 5.84 Å². The summed E-state index contributed by atoms with van der Waals surface area (Å²) in [6.07, 6.45) is 5.54. The van der Waals surface area contributed by atoms with E-state index in [9.17, 15) is 0 Å². The molecule has 0 aliphatic carbocycles. The maximum atomic E-state index is 5.57. The molecule has 2 aromatic rings. The van der Waals surface area contributed by atoms with E-state index in [0.29, 0.717) is 0 Å². The SMILES string of the molecule is NNC(Cc1cccnc1)Cc1cccs1. The molecular formula is C12H15N3S. The van der Waals surface area contributed by atoms with Crippen LogP contribution in [0.25, 0.3) is 0 Å². The van der Waals surface area contributed by atoms with Crippen LogP contribution < -0.4 is 11.3 Å². The standard InChI is InChI=1S/C12H15N3S/c13-15-11(8-12-4-2-6-16-12)7-10-3-1-5-14-9-10/h1-6,9,11,15H,7-8,13H2. The van der Waals surface area contributed by atoms with Crippen LogP contribution in [0.1, 0.15) is 10.4 Å². The van der Waals surface area contributed by atoms with Crippen LogP contribution in [0.3, 0.4) is 0 Å². The Bertz CT molecular complexity index is 399. The molecule has 0 radical (unpaired) electrons. The van der Waals surface area contributed by atoms with E-state index in [0.717, 1.165) is 12.8 Å². The maximum Gasteiger partial charge on any atom is 0.0300 e. The Labute approximate surface area is 99.3 Å². The van der Waals surface area contributed by atoms with Gasteiger partial charge in [-0.3, -0.25) is 16.3 Å². The first-order chi connectivity index (χ1) is 7.88. The van der Waals surface area contributed by atoms with E-state index in [1.165, 1.54) is 10.4 Å². The highest BCUT2D eigenvalue weighted by molar-refractivity contribution is 7.09. The zero-order chi connectivity index (χ0) is 11.2. The number of thiophene rings is 1. The molecule has 2 aromatic heterocycles. The lowest BCUT2D eigenvalue weighted by Gasteiger charge is -2.14. The first-order valence-corrected chi connectivity index (χ1v) is 6.14. The van der Waals surface area contributed by atoms with Crippen molar-refractivity contribution in [1.82, 2.24) is 10.4 Å². The van der Waals surface area contributed by atoms with Crippen molar-refractivity contribution in [2.45, 2.75) is 18.9 Å². The number of hydrazine groups is 1. The van der Waals surface area contributed by atoms with Crippen LogP contribution in [-0.4, -0.2) is 11.0 Å². The highest BCUT2D eigenvalue weighted by Crippen LogP contribution is 2.13. The Balaban J connectivity index is 1.96. The van der Waals surface area contributed by atoms with Gasteiger partial charge in [-0.1, -0.05) is 12.1 Å². The van der Waals surface area contributed by atoms with Crippen molar-refractivity contribution >= 4 is 11.3 Å². The number of hydrogen-bond donors (Lipinski definition) is 2. The van der Waals surface area contributed by atoms with Crippen LogP contribution >= 0.6 is 11.3 Å². The summed E-state index contributed by atoms with van der Waals surface area (Å²) in [4.78, 5) is 5.46. The molecule has 16 heavy (non-hydrogen) atoms. The summed E-state index contributed by atoms with van der Waals surface area (Å²) in [6.45, 7) is 0. The quantitative estimate of drug-likeness (QED) is 0.611. The molecule has 0 aromatic carbocycles. The molecule has 3 N–H and O–H groups in total. The molecule has 4 heteroatoms. The van der Waals surface area contributed by atoms with Crippen molar-refractivity contribution in [3.05, 3.63) is 52.5 Å². The number of pyridine rings is 1. The third-order valence-electron chi connectivity index (χ3n) is 2.47. The lowest BCUT2D eigenvalue weighted by atomic mass is 10.0. The highest BCUT2D eigenvalue weighted by atomic mass is 32.1. The molecule has 1 unspecified atom stereocenters. The van der Waals surface area contributed by atoms with Gasteiger partial charge in [-0.05, 0) is 35.9 Å². The summed E-state index contributed by atoms with van der Waals surface area (Å²) in [5.74, 6) is 5.57. The van der Waals surface area contributed by atoms with Crippen molar-refractivity contribution in [3.63, 3.8) is 0 Å². The fraction of sp³-hybridized carbons (Fsp3) is 0.250. The van der Waals surface area contributed by atoms with Crippen molar-refractivity contribution in [3.8, 4) is 0 Å². The van der Waals surface area contributed by atoms with E-state index in [1.54, 1.807) is 17.5 Å².